The van der Waals surface area contributed by atoms with Gasteiger partial charge in [0.25, 0.3) is 5.91 Å². The highest BCUT2D eigenvalue weighted by Crippen LogP contribution is 2.29. The lowest BCUT2D eigenvalue weighted by atomic mass is 10.2. The van der Waals surface area contributed by atoms with Crippen LogP contribution in [0.4, 0.5) is 0 Å². The lowest BCUT2D eigenvalue weighted by Gasteiger charge is -2.21. The van der Waals surface area contributed by atoms with Crippen LogP contribution in [0.25, 0.3) is 0 Å². The molecular weight excluding hydrogens is 430 g/mol. The molecule has 174 valence electrons. The summed E-state index contributed by atoms with van der Waals surface area (Å²) in [4.78, 5) is 17.1. The van der Waals surface area contributed by atoms with Crippen LogP contribution in [0.1, 0.15) is 55.5 Å². The van der Waals surface area contributed by atoms with Crippen molar-refractivity contribution in [2.24, 2.45) is 0 Å². The second-order valence-electron chi connectivity index (χ2n) is 8.00. The van der Waals surface area contributed by atoms with Gasteiger partial charge in [-0.05, 0) is 51.0 Å². The fourth-order valence-electron chi connectivity index (χ4n) is 3.61. The first-order chi connectivity index (χ1) is 15.3. The average molecular weight is 462 g/mol. The average Bonchev–Trinajstić information content (AvgIpc) is 3.08. The number of hydrogen-bond acceptors (Lipinski definition) is 6. The van der Waals surface area contributed by atoms with Gasteiger partial charge < -0.3 is 14.8 Å². The summed E-state index contributed by atoms with van der Waals surface area (Å²) >= 11 is 0. The zero-order valence-electron chi connectivity index (χ0n) is 18.8. The van der Waals surface area contributed by atoms with E-state index in [0.717, 1.165) is 31.2 Å². The van der Waals surface area contributed by atoms with E-state index in [0.29, 0.717) is 19.0 Å². The predicted molar refractivity (Wildman–Crippen MR) is 121 cm³/mol. The number of sulfonamides is 1. The minimum absolute atomic E-state index is 0.0137. The molecule has 8 nitrogen and oxygen atoms in total. The first-order valence-corrected chi connectivity index (χ1v) is 12.3. The maximum atomic E-state index is 13.3. The number of pyridine rings is 1. The van der Waals surface area contributed by atoms with Crippen molar-refractivity contribution >= 4 is 15.9 Å². The van der Waals surface area contributed by atoms with E-state index in [2.05, 4.69) is 10.3 Å². The molecule has 0 saturated carbocycles. The quantitative estimate of drug-likeness (QED) is 0.647. The molecular formula is C23H31N3O5S. The number of carbonyl (C=O) groups is 1. The Morgan fingerprint density at radius 2 is 1.88 bits per heavy atom. The Morgan fingerprint density at radius 3 is 2.53 bits per heavy atom. The molecule has 9 heteroatoms. The number of methoxy groups -OCH3 is 1. The highest BCUT2D eigenvalue weighted by Gasteiger charge is 2.29. The molecule has 0 aliphatic carbocycles. The van der Waals surface area contributed by atoms with Crippen LogP contribution in [0.2, 0.25) is 0 Å². The lowest BCUT2D eigenvalue weighted by Crippen LogP contribution is -2.32. The van der Waals surface area contributed by atoms with Crippen LogP contribution < -0.4 is 14.8 Å². The summed E-state index contributed by atoms with van der Waals surface area (Å²) in [6, 6.07) is 8.08. The van der Waals surface area contributed by atoms with Gasteiger partial charge in [0.2, 0.25) is 15.9 Å². The van der Waals surface area contributed by atoms with Crippen molar-refractivity contribution < 1.29 is 22.7 Å². The number of hydrogen-bond donors (Lipinski definition) is 1. The summed E-state index contributed by atoms with van der Waals surface area (Å²) in [5.41, 5.74) is 0.981. The summed E-state index contributed by atoms with van der Waals surface area (Å²) in [5.74, 6) is 0.298. The lowest BCUT2D eigenvalue weighted by molar-refractivity contribution is 0.0950. The van der Waals surface area contributed by atoms with Gasteiger partial charge >= 0.3 is 0 Å². The monoisotopic (exact) mass is 461 g/mol. The minimum atomic E-state index is -3.77. The van der Waals surface area contributed by atoms with Crippen LogP contribution in [-0.2, 0) is 16.6 Å². The molecule has 0 bridgehead atoms. The Balaban J connectivity index is 1.81. The van der Waals surface area contributed by atoms with Crippen molar-refractivity contribution in [2.75, 3.05) is 20.2 Å². The summed E-state index contributed by atoms with van der Waals surface area (Å²) in [7, 11) is -2.35. The van der Waals surface area contributed by atoms with E-state index in [4.69, 9.17) is 9.47 Å². The Labute approximate surface area is 190 Å². The van der Waals surface area contributed by atoms with Crippen LogP contribution in [0, 0.1) is 0 Å². The van der Waals surface area contributed by atoms with Gasteiger partial charge in [0.15, 0.2) is 0 Å². The molecule has 1 saturated heterocycles. The molecule has 32 heavy (non-hydrogen) atoms. The summed E-state index contributed by atoms with van der Waals surface area (Å²) in [6.45, 7) is 4.96. The van der Waals surface area contributed by atoms with E-state index < -0.39 is 10.0 Å². The summed E-state index contributed by atoms with van der Waals surface area (Å²) in [5, 5.41) is 2.83. The Morgan fingerprint density at radius 1 is 1.16 bits per heavy atom. The number of benzene rings is 1. The third kappa shape index (κ3) is 5.77. The Bertz CT molecular complexity index is 1030. The van der Waals surface area contributed by atoms with Crippen LogP contribution in [-0.4, -0.2) is 49.9 Å². The maximum Gasteiger partial charge on any atom is 0.251 e. The number of amides is 1. The number of nitrogens with zero attached hydrogens (tertiary/aromatic N) is 2. The summed E-state index contributed by atoms with van der Waals surface area (Å²) < 4.78 is 39.1. The van der Waals surface area contributed by atoms with Gasteiger partial charge in [-0.1, -0.05) is 18.9 Å². The zero-order chi connectivity index (χ0) is 23.1. The molecule has 1 aliphatic heterocycles. The van der Waals surface area contributed by atoms with E-state index in [-0.39, 0.29) is 34.8 Å². The first-order valence-electron chi connectivity index (χ1n) is 10.9. The van der Waals surface area contributed by atoms with Gasteiger partial charge in [-0.2, -0.15) is 4.31 Å². The second kappa shape index (κ2) is 10.8. The van der Waals surface area contributed by atoms with Gasteiger partial charge in [0.05, 0.1) is 13.2 Å². The molecule has 0 spiro atoms. The third-order valence-electron chi connectivity index (χ3n) is 5.25. The van der Waals surface area contributed by atoms with Crippen LogP contribution in [0.5, 0.6) is 11.6 Å². The molecule has 0 atom stereocenters. The van der Waals surface area contributed by atoms with E-state index in [9.17, 15) is 13.2 Å². The normalized spacial score (nSPS) is 15.2. The zero-order valence-corrected chi connectivity index (χ0v) is 19.7. The molecule has 2 heterocycles. The largest absolute Gasteiger partial charge is 0.495 e. The fraction of sp³-hybridized carbons (Fsp3) is 0.478. The first kappa shape index (κ1) is 24.0. The molecule has 1 amide bonds. The van der Waals surface area contributed by atoms with E-state index in [1.165, 1.54) is 23.5 Å². The van der Waals surface area contributed by atoms with Crippen molar-refractivity contribution in [3.63, 3.8) is 0 Å². The van der Waals surface area contributed by atoms with Crippen molar-refractivity contribution in [3.8, 4) is 11.6 Å². The van der Waals surface area contributed by atoms with E-state index >= 15 is 0 Å². The smallest absolute Gasteiger partial charge is 0.251 e. The Hall–Kier alpha value is -2.65. The molecule has 0 radical (unpaired) electrons. The Kier molecular flexibility index (Phi) is 8.09. The second-order valence-corrected chi connectivity index (χ2v) is 9.91. The van der Waals surface area contributed by atoms with E-state index in [1.807, 2.05) is 19.9 Å². The minimum Gasteiger partial charge on any atom is -0.495 e. The van der Waals surface area contributed by atoms with Crippen LogP contribution in [0.15, 0.2) is 41.4 Å². The maximum absolute atomic E-state index is 13.3. The third-order valence-corrected chi connectivity index (χ3v) is 7.17. The number of aromatic nitrogens is 1. The molecule has 1 aliphatic rings. The van der Waals surface area contributed by atoms with Gasteiger partial charge in [-0.25, -0.2) is 13.4 Å². The van der Waals surface area contributed by atoms with E-state index in [1.54, 1.807) is 18.3 Å². The number of nitrogens with one attached hydrogen (secondary N) is 1. The standard InChI is InChI=1S/C23H31N3O5S/c1-17(2)31-23-19(9-8-12-24-23)16-25-22(27)18-10-11-20(30-3)21(15-18)32(28,29)26-13-6-4-5-7-14-26/h8-12,15,17H,4-7,13-14,16H2,1-3H3,(H,25,27). The molecule has 2 aromatic rings. The SMILES string of the molecule is COc1ccc(C(=O)NCc2cccnc2OC(C)C)cc1S(=O)(=O)N1CCCCCC1. The highest BCUT2D eigenvalue weighted by molar-refractivity contribution is 7.89. The van der Waals surface area contributed by atoms with Crippen LogP contribution in [0.3, 0.4) is 0 Å². The molecule has 0 unspecified atom stereocenters. The summed E-state index contributed by atoms with van der Waals surface area (Å²) in [6.07, 6.45) is 5.27. The highest BCUT2D eigenvalue weighted by atomic mass is 32.2. The number of ether oxygens (including phenoxy) is 2. The predicted octanol–water partition coefficient (Wildman–Crippen LogP) is 3.37. The van der Waals surface area contributed by atoms with Crippen LogP contribution >= 0.6 is 0 Å². The van der Waals surface area contributed by atoms with Crippen molar-refractivity contribution in [2.45, 2.75) is 57.1 Å². The molecule has 3 rings (SSSR count). The molecule has 1 fully saturated rings. The number of carbonyl (C=O) groups excluding carboxylic acids is 1. The number of rotatable bonds is 8. The molecule has 1 N–H and O–H groups in total. The van der Waals surface area contributed by atoms with Gasteiger partial charge in [-0.15, -0.1) is 0 Å². The fourth-order valence-corrected chi connectivity index (χ4v) is 5.30. The van der Waals surface area contributed by atoms with Crippen molar-refractivity contribution in [3.05, 3.63) is 47.7 Å². The van der Waals surface area contributed by atoms with Crippen molar-refractivity contribution in [1.29, 1.82) is 0 Å². The van der Waals surface area contributed by atoms with Gasteiger partial charge in [0.1, 0.15) is 10.6 Å². The van der Waals surface area contributed by atoms with Gasteiger partial charge in [-0.3, -0.25) is 4.79 Å². The topological polar surface area (TPSA) is 97.8 Å². The van der Waals surface area contributed by atoms with Gasteiger partial charge in [0, 0.05) is 37.0 Å². The molecule has 1 aromatic carbocycles. The molecule has 1 aromatic heterocycles. The van der Waals surface area contributed by atoms with Crippen molar-refractivity contribution in [1.82, 2.24) is 14.6 Å².